The Kier molecular flexibility index (Phi) is 8.06. The number of nitrogens with zero attached hydrogens (tertiary/aromatic N) is 3. The Morgan fingerprint density at radius 3 is 2.38 bits per heavy atom. The van der Waals surface area contributed by atoms with Gasteiger partial charge in [0.05, 0.1) is 15.6 Å². The first-order valence-corrected chi connectivity index (χ1v) is 11.6. The Hall–Kier alpha value is -3.24. The highest BCUT2D eigenvalue weighted by Crippen LogP contribution is 2.30. The van der Waals surface area contributed by atoms with Gasteiger partial charge in [0.25, 0.3) is 11.6 Å². The second-order valence-electron chi connectivity index (χ2n) is 8.30. The highest BCUT2D eigenvalue weighted by Gasteiger charge is 2.24. The number of carbonyl (C=O) groups is 2. The van der Waals surface area contributed by atoms with Crippen LogP contribution < -0.4 is 15.5 Å². The van der Waals surface area contributed by atoms with Crippen molar-refractivity contribution in [2.24, 2.45) is 5.92 Å². The van der Waals surface area contributed by atoms with E-state index in [2.05, 4.69) is 15.5 Å². The van der Waals surface area contributed by atoms with Gasteiger partial charge in [-0.15, -0.1) is 0 Å². The van der Waals surface area contributed by atoms with Crippen molar-refractivity contribution in [3.63, 3.8) is 0 Å². The average molecular weight is 504 g/mol. The lowest BCUT2D eigenvalue weighted by atomic mass is 10.1. The van der Waals surface area contributed by atoms with E-state index in [4.69, 9.17) is 23.8 Å². The van der Waals surface area contributed by atoms with Crippen LogP contribution in [0.25, 0.3) is 0 Å². The van der Waals surface area contributed by atoms with E-state index in [9.17, 15) is 19.7 Å². The fourth-order valence-corrected chi connectivity index (χ4v) is 4.17. The van der Waals surface area contributed by atoms with Crippen LogP contribution in [0.3, 0.4) is 0 Å². The Morgan fingerprint density at radius 2 is 1.79 bits per heavy atom. The smallest absolute Gasteiger partial charge is 0.273 e. The molecule has 11 heteroatoms. The van der Waals surface area contributed by atoms with Crippen LogP contribution in [0.2, 0.25) is 5.02 Å². The molecule has 0 bridgehead atoms. The van der Waals surface area contributed by atoms with Gasteiger partial charge in [-0.25, -0.2) is 0 Å². The molecule has 0 radical (unpaired) electrons. The minimum absolute atomic E-state index is 0.0223. The minimum Gasteiger partial charge on any atom is -0.367 e. The Morgan fingerprint density at radius 1 is 1.12 bits per heavy atom. The van der Waals surface area contributed by atoms with E-state index in [0.29, 0.717) is 42.5 Å². The first kappa shape index (κ1) is 25.4. The molecular weight excluding hydrogens is 478 g/mol. The third-order valence-corrected chi connectivity index (χ3v) is 6.03. The maximum absolute atomic E-state index is 12.5. The molecule has 1 heterocycles. The number of benzene rings is 2. The van der Waals surface area contributed by atoms with Gasteiger partial charge in [0, 0.05) is 55.0 Å². The van der Waals surface area contributed by atoms with Gasteiger partial charge in [-0.05, 0) is 43.4 Å². The van der Waals surface area contributed by atoms with Crippen LogP contribution in [0.1, 0.15) is 29.8 Å². The fraction of sp³-hybridized carbons (Fsp3) is 0.348. The zero-order valence-electron chi connectivity index (χ0n) is 19.1. The molecule has 0 atom stereocenters. The number of carbonyl (C=O) groups excluding carboxylic acids is 2. The molecule has 2 aromatic carbocycles. The van der Waals surface area contributed by atoms with E-state index < -0.39 is 10.8 Å². The first-order valence-electron chi connectivity index (χ1n) is 10.8. The molecule has 34 heavy (non-hydrogen) atoms. The molecule has 1 aliphatic heterocycles. The summed E-state index contributed by atoms with van der Waals surface area (Å²) in [5, 5.41) is 17.1. The quantitative estimate of drug-likeness (QED) is 0.361. The molecule has 1 saturated heterocycles. The number of hydrogen-bond donors (Lipinski definition) is 2. The summed E-state index contributed by atoms with van der Waals surface area (Å²) in [6.07, 6.45) is 0. The van der Waals surface area contributed by atoms with Gasteiger partial charge in [-0.1, -0.05) is 31.5 Å². The SMILES string of the molecule is Cc1ccc(C(=O)NC(=S)Nc2ccc(N3CCN(C(=O)C(C)C)CC3)c(Cl)c2)cc1[N+](=O)[O-]. The number of nitro benzene ring substituents is 1. The van der Waals surface area contributed by atoms with Gasteiger partial charge in [0.2, 0.25) is 5.91 Å². The highest BCUT2D eigenvalue weighted by molar-refractivity contribution is 7.80. The van der Waals surface area contributed by atoms with Crippen molar-refractivity contribution in [1.82, 2.24) is 10.2 Å². The van der Waals surface area contributed by atoms with Gasteiger partial charge < -0.3 is 15.1 Å². The van der Waals surface area contributed by atoms with Crippen LogP contribution in [0, 0.1) is 23.0 Å². The van der Waals surface area contributed by atoms with Crippen molar-refractivity contribution >= 4 is 57.8 Å². The number of amides is 2. The molecule has 0 saturated carbocycles. The van der Waals surface area contributed by atoms with Crippen LogP contribution >= 0.6 is 23.8 Å². The number of nitrogens with one attached hydrogen (secondary N) is 2. The van der Waals surface area contributed by atoms with Crippen LogP contribution in [0.5, 0.6) is 0 Å². The summed E-state index contributed by atoms with van der Waals surface area (Å²) in [7, 11) is 0. The second kappa shape index (κ2) is 10.8. The first-order chi connectivity index (χ1) is 16.1. The molecule has 0 aromatic heterocycles. The molecule has 1 aliphatic rings. The summed E-state index contributed by atoms with van der Waals surface area (Å²) in [4.78, 5) is 39.2. The normalized spacial score (nSPS) is 13.6. The van der Waals surface area contributed by atoms with Gasteiger partial charge >= 0.3 is 0 Å². The number of thiocarbonyl (C=S) groups is 1. The number of hydrogen-bond acceptors (Lipinski definition) is 6. The van der Waals surface area contributed by atoms with Gasteiger partial charge in [-0.2, -0.15) is 0 Å². The highest BCUT2D eigenvalue weighted by atomic mass is 35.5. The molecule has 2 N–H and O–H groups in total. The van der Waals surface area contributed by atoms with E-state index in [1.54, 1.807) is 19.1 Å². The van der Waals surface area contributed by atoms with E-state index >= 15 is 0 Å². The third kappa shape index (κ3) is 6.00. The zero-order valence-corrected chi connectivity index (χ0v) is 20.7. The van der Waals surface area contributed by atoms with E-state index in [1.165, 1.54) is 18.2 Å². The number of piperazine rings is 1. The van der Waals surface area contributed by atoms with E-state index in [-0.39, 0.29) is 28.2 Å². The Labute approximate surface area is 208 Å². The van der Waals surface area contributed by atoms with E-state index in [1.807, 2.05) is 24.8 Å². The molecule has 0 spiro atoms. The predicted octanol–water partition coefficient (Wildman–Crippen LogP) is 3.99. The van der Waals surface area contributed by atoms with E-state index in [0.717, 1.165) is 5.69 Å². The molecule has 0 aliphatic carbocycles. The number of anilines is 2. The van der Waals surface area contributed by atoms with Crippen LogP contribution in [-0.4, -0.2) is 52.9 Å². The lowest BCUT2D eigenvalue weighted by Gasteiger charge is -2.37. The molecule has 1 fully saturated rings. The van der Waals surface area contributed by atoms with Crippen molar-refractivity contribution < 1.29 is 14.5 Å². The van der Waals surface area contributed by atoms with Gasteiger partial charge in [-0.3, -0.25) is 25.0 Å². The summed E-state index contributed by atoms with van der Waals surface area (Å²) in [5.41, 5.74) is 1.89. The summed E-state index contributed by atoms with van der Waals surface area (Å²) < 4.78 is 0. The molecule has 2 amide bonds. The van der Waals surface area contributed by atoms with Crippen molar-refractivity contribution in [2.45, 2.75) is 20.8 Å². The number of aryl methyl sites for hydroxylation is 1. The van der Waals surface area contributed by atoms with Crippen molar-refractivity contribution in [1.29, 1.82) is 0 Å². The largest absolute Gasteiger partial charge is 0.367 e. The summed E-state index contributed by atoms with van der Waals surface area (Å²) >= 11 is 11.7. The number of halogens is 1. The molecule has 180 valence electrons. The summed E-state index contributed by atoms with van der Waals surface area (Å²) in [5.74, 6) is -0.427. The lowest BCUT2D eigenvalue weighted by Crippen LogP contribution is -2.50. The second-order valence-corrected chi connectivity index (χ2v) is 9.12. The number of rotatable bonds is 5. The zero-order chi connectivity index (χ0) is 25.0. The maximum Gasteiger partial charge on any atom is 0.273 e. The third-order valence-electron chi connectivity index (χ3n) is 5.53. The number of nitro groups is 1. The van der Waals surface area contributed by atoms with Gasteiger partial charge in [0.1, 0.15) is 0 Å². The summed E-state index contributed by atoms with van der Waals surface area (Å²) in [6.45, 7) is 8.04. The predicted molar refractivity (Wildman–Crippen MR) is 137 cm³/mol. The Balaban J connectivity index is 1.60. The van der Waals surface area contributed by atoms with Gasteiger partial charge in [0.15, 0.2) is 5.11 Å². The standard InChI is InChI=1S/C23H26ClN5O4S/c1-14(2)22(31)28-10-8-27(9-11-28)19-7-6-17(13-18(19)24)25-23(34)26-21(30)16-5-4-15(3)20(12-16)29(32)33/h4-7,12-14H,8-11H2,1-3H3,(H2,25,26,30,34). The van der Waals surface area contributed by atoms with Crippen molar-refractivity contribution in [3.8, 4) is 0 Å². The molecule has 3 rings (SSSR count). The average Bonchev–Trinajstić information content (AvgIpc) is 2.78. The van der Waals surface area contributed by atoms with Crippen LogP contribution in [0.15, 0.2) is 36.4 Å². The summed E-state index contributed by atoms with van der Waals surface area (Å²) in [6, 6.07) is 9.59. The molecule has 2 aromatic rings. The molecule has 9 nitrogen and oxygen atoms in total. The molecular formula is C23H26ClN5O4S. The maximum atomic E-state index is 12.5. The lowest BCUT2D eigenvalue weighted by molar-refractivity contribution is -0.385. The fourth-order valence-electron chi connectivity index (χ4n) is 3.66. The van der Waals surface area contributed by atoms with Crippen LogP contribution in [0.4, 0.5) is 17.1 Å². The monoisotopic (exact) mass is 503 g/mol. The minimum atomic E-state index is -0.558. The van der Waals surface area contributed by atoms with Crippen molar-refractivity contribution in [2.75, 3.05) is 36.4 Å². The van der Waals surface area contributed by atoms with Crippen LogP contribution in [-0.2, 0) is 4.79 Å². The Bertz CT molecular complexity index is 1130. The topological polar surface area (TPSA) is 108 Å². The molecule has 0 unspecified atom stereocenters. The van der Waals surface area contributed by atoms with Crippen molar-refractivity contribution in [3.05, 3.63) is 62.7 Å².